The molecule has 4 rings (SSSR count). The Morgan fingerprint density at radius 1 is 1.29 bits per heavy atom. The number of para-hydroxylation sites is 1. The summed E-state index contributed by atoms with van der Waals surface area (Å²) in [4.78, 5) is 40.5. The minimum absolute atomic E-state index is 0.0973. The Morgan fingerprint density at radius 2 is 2.04 bits per heavy atom. The van der Waals surface area contributed by atoms with Crippen molar-refractivity contribution in [1.29, 1.82) is 0 Å². The first-order valence-electron chi connectivity index (χ1n) is 8.39. The van der Waals surface area contributed by atoms with Gasteiger partial charge in [-0.1, -0.05) is 18.2 Å². The Morgan fingerprint density at radius 3 is 2.82 bits per heavy atom. The van der Waals surface area contributed by atoms with Crippen molar-refractivity contribution < 1.29 is 14.5 Å². The van der Waals surface area contributed by atoms with Gasteiger partial charge in [0.1, 0.15) is 16.7 Å². The summed E-state index contributed by atoms with van der Waals surface area (Å²) >= 11 is 1.23. The van der Waals surface area contributed by atoms with E-state index in [2.05, 4.69) is 10.4 Å². The average Bonchev–Trinajstić information content (AvgIpc) is 3.20. The number of hydrogen-bond acceptors (Lipinski definition) is 6. The highest BCUT2D eigenvalue weighted by atomic mass is 32.2. The topological polar surface area (TPSA) is 110 Å². The molecule has 1 aliphatic heterocycles. The highest BCUT2D eigenvalue weighted by molar-refractivity contribution is 8.00. The number of nitro groups is 1. The third-order valence-corrected chi connectivity index (χ3v) is 5.60. The van der Waals surface area contributed by atoms with Crippen LogP contribution in [0.5, 0.6) is 0 Å². The van der Waals surface area contributed by atoms with Gasteiger partial charge in [-0.2, -0.15) is 0 Å². The summed E-state index contributed by atoms with van der Waals surface area (Å²) in [5.74, 6) is -0.716. The van der Waals surface area contributed by atoms with Crippen LogP contribution in [0.2, 0.25) is 0 Å². The average molecular weight is 397 g/mol. The van der Waals surface area contributed by atoms with Gasteiger partial charge in [-0.25, -0.2) is 9.99 Å². The van der Waals surface area contributed by atoms with Crippen molar-refractivity contribution >= 4 is 34.9 Å². The number of benzene rings is 1. The van der Waals surface area contributed by atoms with E-state index in [4.69, 9.17) is 0 Å². The summed E-state index contributed by atoms with van der Waals surface area (Å²) in [5.41, 5.74) is 4.32. The quantitative estimate of drug-likeness (QED) is 0.535. The number of amides is 2. The van der Waals surface area contributed by atoms with Gasteiger partial charge >= 0.3 is 0 Å². The van der Waals surface area contributed by atoms with Crippen LogP contribution in [0.4, 0.5) is 5.69 Å². The molecule has 9 nitrogen and oxygen atoms in total. The van der Waals surface area contributed by atoms with E-state index in [9.17, 15) is 19.7 Å². The lowest BCUT2D eigenvalue weighted by Crippen LogP contribution is -2.45. The second-order valence-corrected chi connectivity index (χ2v) is 7.23. The summed E-state index contributed by atoms with van der Waals surface area (Å²) < 4.78 is 1.64. The number of imidazole rings is 1. The van der Waals surface area contributed by atoms with Crippen LogP contribution in [0.25, 0.3) is 5.65 Å². The number of aromatic nitrogens is 2. The Labute approximate surface area is 163 Å². The largest absolute Gasteiger partial charge is 0.295 e. The molecule has 142 valence electrons. The van der Waals surface area contributed by atoms with E-state index in [1.807, 2.05) is 6.07 Å². The Hall–Kier alpha value is -3.40. The van der Waals surface area contributed by atoms with Crippen LogP contribution in [0, 0.1) is 17.0 Å². The minimum atomic E-state index is -0.683. The van der Waals surface area contributed by atoms with E-state index in [1.54, 1.807) is 47.9 Å². The van der Waals surface area contributed by atoms with Gasteiger partial charge in [0, 0.05) is 12.3 Å². The van der Waals surface area contributed by atoms with E-state index in [-0.39, 0.29) is 17.3 Å². The van der Waals surface area contributed by atoms with Gasteiger partial charge in [-0.3, -0.25) is 29.5 Å². The van der Waals surface area contributed by atoms with Gasteiger partial charge in [0.2, 0.25) is 0 Å². The number of nitrogens with zero attached hydrogens (tertiary/aromatic N) is 4. The first-order valence-corrected chi connectivity index (χ1v) is 9.44. The molecule has 2 aromatic heterocycles. The molecule has 0 saturated carbocycles. The molecular formula is C18H15N5O4S. The molecule has 3 heterocycles. The molecule has 0 aliphatic carbocycles. The first-order chi connectivity index (χ1) is 13.5. The number of nitro benzene ring substituents is 1. The molecule has 0 spiro atoms. The zero-order chi connectivity index (χ0) is 19.8. The van der Waals surface area contributed by atoms with E-state index in [0.29, 0.717) is 22.6 Å². The standard InChI is InChI=1S/C18H15N5O4S/c1-11-16(21-9-5-4-8-14(21)19-11)17(25)20-22-15(24)10-28-18(22)12-6-2-3-7-13(12)23(26)27/h2-9,18H,10H2,1H3,(H,20,25). The molecule has 10 heteroatoms. The summed E-state index contributed by atoms with van der Waals surface area (Å²) in [5, 5.41) is 11.8. The fourth-order valence-electron chi connectivity index (χ4n) is 3.19. The summed E-state index contributed by atoms with van der Waals surface area (Å²) in [6, 6.07) is 11.6. The Balaban J connectivity index is 1.68. The zero-order valence-corrected chi connectivity index (χ0v) is 15.5. The molecular weight excluding hydrogens is 382 g/mol. The molecule has 0 bridgehead atoms. The predicted octanol–water partition coefficient (Wildman–Crippen LogP) is 2.47. The number of hydrazine groups is 1. The highest BCUT2D eigenvalue weighted by Gasteiger charge is 2.38. The fourth-order valence-corrected chi connectivity index (χ4v) is 4.32. The van der Waals surface area contributed by atoms with Gasteiger partial charge in [0.05, 0.1) is 21.9 Å². The lowest BCUT2D eigenvalue weighted by molar-refractivity contribution is -0.385. The van der Waals surface area contributed by atoms with Crippen molar-refractivity contribution in [3.8, 4) is 0 Å². The fraction of sp³-hybridized carbons (Fsp3) is 0.167. The zero-order valence-electron chi connectivity index (χ0n) is 14.7. The van der Waals surface area contributed by atoms with Crippen molar-refractivity contribution in [1.82, 2.24) is 19.8 Å². The first kappa shape index (κ1) is 18.0. The number of hydrogen-bond donors (Lipinski definition) is 1. The number of nitrogens with one attached hydrogen (secondary N) is 1. The van der Waals surface area contributed by atoms with Crippen LogP contribution in [0.3, 0.4) is 0 Å². The maximum absolute atomic E-state index is 12.9. The van der Waals surface area contributed by atoms with Crippen LogP contribution >= 0.6 is 11.8 Å². The number of rotatable bonds is 4. The summed E-state index contributed by atoms with van der Waals surface area (Å²) in [6.07, 6.45) is 1.71. The lowest BCUT2D eigenvalue weighted by atomic mass is 10.1. The van der Waals surface area contributed by atoms with Gasteiger partial charge in [-0.15, -0.1) is 11.8 Å². The smallest absolute Gasteiger partial charge is 0.288 e. The highest BCUT2D eigenvalue weighted by Crippen LogP contribution is 2.41. The predicted molar refractivity (Wildman–Crippen MR) is 103 cm³/mol. The van der Waals surface area contributed by atoms with E-state index in [0.717, 1.165) is 5.01 Å². The van der Waals surface area contributed by atoms with Crippen molar-refractivity contribution in [2.75, 3.05) is 5.75 Å². The van der Waals surface area contributed by atoms with Gasteiger partial charge < -0.3 is 0 Å². The molecule has 3 aromatic rings. The number of carbonyl (C=O) groups is 2. The molecule has 0 radical (unpaired) electrons. The second kappa shape index (κ2) is 6.97. The Kier molecular flexibility index (Phi) is 4.47. The summed E-state index contributed by atoms with van der Waals surface area (Å²) in [7, 11) is 0. The molecule has 1 fully saturated rings. The summed E-state index contributed by atoms with van der Waals surface area (Å²) in [6.45, 7) is 1.71. The maximum atomic E-state index is 12.9. The SMILES string of the molecule is Cc1nc2ccccn2c1C(=O)NN1C(=O)CSC1c1ccccc1[N+](=O)[O-]. The van der Waals surface area contributed by atoms with Gasteiger partial charge in [-0.05, 0) is 25.1 Å². The monoisotopic (exact) mass is 397 g/mol. The van der Waals surface area contributed by atoms with Crippen LogP contribution in [0.15, 0.2) is 48.7 Å². The molecule has 1 saturated heterocycles. The molecule has 1 unspecified atom stereocenters. The number of aryl methyl sites for hydroxylation is 1. The molecule has 1 N–H and O–H groups in total. The van der Waals surface area contributed by atoms with E-state index < -0.39 is 16.2 Å². The molecule has 1 aromatic carbocycles. The van der Waals surface area contributed by atoms with Crippen molar-refractivity contribution in [2.24, 2.45) is 0 Å². The number of carbonyl (C=O) groups excluding carboxylic acids is 2. The minimum Gasteiger partial charge on any atom is -0.295 e. The normalized spacial score (nSPS) is 16.5. The molecule has 1 aliphatic rings. The van der Waals surface area contributed by atoms with Crippen LogP contribution in [0.1, 0.15) is 27.1 Å². The third-order valence-electron chi connectivity index (χ3n) is 4.41. The van der Waals surface area contributed by atoms with E-state index in [1.165, 1.54) is 17.8 Å². The van der Waals surface area contributed by atoms with E-state index >= 15 is 0 Å². The van der Waals surface area contributed by atoms with Crippen LogP contribution in [-0.4, -0.2) is 36.9 Å². The van der Waals surface area contributed by atoms with Gasteiger partial charge in [0.15, 0.2) is 0 Å². The number of pyridine rings is 1. The maximum Gasteiger partial charge on any atom is 0.288 e. The lowest BCUT2D eigenvalue weighted by Gasteiger charge is -2.24. The Bertz CT molecular complexity index is 1110. The second-order valence-electron chi connectivity index (χ2n) is 6.16. The van der Waals surface area contributed by atoms with Crippen LogP contribution < -0.4 is 5.43 Å². The third kappa shape index (κ3) is 2.97. The molecule has 28 heavy (non-hydrogen) atoms. The number of fused-ring (bicyclic) bond motifs is 1. The van der Waals surface area contributed by atoms with Crippen LogP contribution in [-0.2, 0) is 4.79 Å². The van der Waals surface area contributed by atoms with Gasteiger partial charge in [0.25, 0.3) is 17.5 Å². The molecule has 1 atom stereocenters. The molecule has 2 amide bonds. The van der Waals surface area contributed by atoms with Crippen molar-refractivity contribution in [3.63, 3.8) is 0 Å². The van der Waals surface area contributed by atoms with Crippen molar-refractivity contribution in [2.45, 2.75) is 12.3 Å². The number of thioether (sulfide) groups is 1. The van der Waals surface area contributed by atoms with Crippen molar-refractivity contribution in [3.05, 3.63) is 75.7 Å².